The molecule has 2 aliphatic rings. The molecule has 1 saturated carbocycles. The van der Waals surface area contributed by atoms with Gasteiger partial charge in [0.25, 0.3) is 0 Å². The van der Waals surface area contributed by atoms with Crippen molar-refractivity contribution in [3.05, 3.63) is 11.9 Å². The van der Waals surface area contributed by atoms with E-state index in [0.29, 0.717) is 5.92 Å². The molecule has 3 atom stereocenters. The first-order valence-electron chi connectivity index (χ1n) is 9.61. The zero-order valence-electron chi connectivity index (χ0n) is 16.6. The molecule has 3 rings (SSSR count). The van der Waals surface area contributed by atoms with Gasteiger partial charge in [-0.1, -0.05) is 26.0 Å². The van der Waals surface area contributed by atoms with Crippen molar-refractivity contribution in [1.29, 1.82) is 0 Å². The van der Waals surface area contributed by atoms with Gasteiger partial charge in [-0.3, -0.25) is 9.59 Å². The molecule has 0 bridgehead atoms. The minimum atomic E-state index is -4.56. The molecule has 29 heavy (non-hydrogen) atoms. The van der Waals surface area contributed by atoms with E-state index < -0.39 is 48.1 Å². The lowest BCUT2D eigenvalue weighted by Crippen LogP contribution is -2.51. The number of hydrogen-bond acceptors (Lipinski definition) is 5. The lowest BCUT2D eigenvalue weighted by Gasteiger charge is -2.34. The molecule has 0 radical (unpaired) electrons. The van der Waals surface area contributed by atoms with E-state index in [2.05, 4.69) is 10.3 Å². The predicted molar refractivity (Wildman–Crippen MR) is 95.7 cm³/mol. The first-order valence-corrected chi connectivity index (χ1v) is 9.61. The van der Waals surface area contributed by atoms with Gasteiger partial charge < -0.3 is 15.3 Å². The van der Waals surface area contributed by atoms with E-state index in [-0.39, 0.29) is 13.0 Å². The summed E-state index contributed by atoms with van der Waals surface area (Å²) in [5, 5.41) is 20.1. The number of aliphatic hydroxyl groups is 1. The topological polar surface area (TPSA) is 100 Å². The molecule has 2 amide bonds. The third kappa shape index (κ3) is 5.06. The Balaban J connectivity index is 1.81. The number of nitrogens with one attached hydrogen (secondary N) is 1. The normalized spacial score (nSPS) is 23.9. The van der Waals surface area contributed by atoms with E-state index in [1.54, 1.807) is 6.20 Å². The van der Waals surface area contributed by atoms with Crippen LogP contribution in [0.3, 0.4) is 0 Å². The molecule has 2 N–H and O–H groups in total. The van der Waals surface area contributed by atoms with Gasteiger partial charge in [-0.25, -0.2) is 4.68 Å². The van der Waals surface area contributed by atoms with Gasteiger partial charge in [0.15, 0.2) is 0 Å². The molecule has 1 aliphatic carbocycles. The van der Waals surface area contributed by atoms with Crippen LogP contribution >= 0.6 is 0 Å². The fourth-order valence-corrected chi connectivity index (χ4v) is 3.63. The number of likely N-dealkylation sites (tertiary alicyclic amines) is 1. The van der Waals surface area contributed by atoms with E-state index in [1.165, 1.54) is 4.68 Å². The van der Waals surface area contributed by atoms with Crippen molar-refractivity contribution in [3.63, 3.8) is 0 Å². The van der Waals surface area contributed by atoms with Crippen LogP contribution in [-0.2, 0) is 9.59 Å². The molecule has 2 fully saturated rings. The SMILES string of the molecule is CC(C)(C)C(C(=O)N1CC(O)CC1C(=O)NCC(F)(F)F)n1cc(C2CC2)nn1. The maximum atomic E-state index is 13.4. The van der Waals surface area contributed by atoms with Crippen LogP contribution in [0, 0.1) is 5.41 Å². The van der Waals surface area contributed by atoms with Crippen molar-refractivity contribution >= 4 is 11.8 Å². The number of aliphatic hydroxyl groups excluding tert-OH is 1. The third-order valence-corrected chi connectivity index (χ3v) is 5.17. The maximum Gasteiger partial charge on any atom is 0.405 e. The molecule has 11 heteroatoms. The minimum absolute atomic E-state index is 0.114. The Kier molecular flexibility index (Phi) is 5.63. The third-order valence-electron chi connectivity index (χ3n) is 5.17. The van der Waals surface area contributed by atoms with E-state index in [0.717, 1.165) is 23.4 Å². The fourth-order valence-electron chi connectivity index (χ4n) is 3.63. The first-order chi connectivity index (χ1) is 13.4. The number of halogens is 3. The Morgan fingerprint density at radius 1 is 1.31 bits per heavy atom. The molecule has 3 unspecified atom stereocenters. The summed E-state index contributed by atoms with van der Waals surface area (Å²) in [6.45, 7) is 3.88. The fraction of sp³-hybridized carbons (Fsp3) is 0.778. The monoisotopic (exact) mass is 417 g/mol. The van der Waals surface area contributed by atoms with Crippen LogP contribution in [0.2, 0.25) is 0 Å². The van der Waals surface area contributed by atoms with Crippen molar-refractivity contribution in [3.8, 4) is 0 Å². The van der Waals surface area contributed by atoms with Crippen LogP contribution in [0.5, 0.6) is 0 Å². The summed E-state index contributed by atoms with van der Waals surface area (Å²) in [5.74, 6) is -1.07. The largest absolute Gasteiger partial charge is 0.405 e. The summed E-state index contributed by atoms with van der Waals surface area (Å²) < 4.78 is 38.8. The van der Waals surface area contributed by atoms with Crippen LogP contribution in [-0.4, -0.2) is 68.2 Å². The predicted octanol–water partition coefficient (Wildman–Crippen LogP) is 1.38. The van der Waals surface area contributed by atoms with Crippen molar-refractivity contribution in [2.75, 3.05) is 13.1 Å². The number of alkyl halides is 3. The van der Waals surface area contributed by atoms with Crippen LogP contribution < -0.4 is 5.32 Å². The summed E-state index contributed by atoms with van der Waals surface area (Å²) in [6, 6.07) is -1.98. The number of hydrogen-bond donors (Lipinski definition) is 2. The number of nitrogens with zero attached hydrogens (tertiary/aromatic N) is 4. The average molecular weight is 417 g/mol. The van der Waals surface area contributed by atoms with Gasteiger partial charge in [0.2, 0.25) is 11.8 Å². The summed E-state index contributed by atoms with van der Waals surface area (Å²) in [7, 11) is 0. The molecule has 0 aromatic carbocycles. The Hall–Kier alpha value is -2.17. The maximum absolute atomic E-state index is 13.4. The molecule has 162 valence electrons. The minimum Gasteiger partial charge on any atom is -0.391 e. The summed E-state index contributed by atoms with van der Waals surface area (Å²) in [6.07, 6.45) is -1.90. The smallest absolute Gasteiger partial charge is 0.391 e. The number of aromatic nitrogens is 3. The van der Waals surface area contributed by atoms with Gasteiger partial charge in [0.05, 0.1) is 11.8 Å². The summed E-state index contributed by atoms with van der Waals surface area (Å²) >= 11 is 0. The highest BCUT2D eigenvalue weighted by Gasteiger charge is 2.46. The number of carbonyl (C=O) groups is 2. The second kappa shape index (κ2) is 7.58. The van der Waals surface area contributed by atoms with Gasteiger partial charge in [0, 0.05) is 25.1 Å². The lowest BCUT2D eigenvalue weighted by atomic mass is 9.85. The van der Waals surface area contributed by atoms with Gasteiger partial charge >= 0.3 is 6.18 Å². The highest BCUT2D eigenvalue weighted by atomic mass is 19.4. The highest BCUT2D eigenvalue weighted by Crippen LogP contribution is 2.40. The molecular formula is C18H26F3N5O3. The van der Waals surface area contributed by atoms with Gasteiger partial charge in [0.1, 0.15) is 18.6 Å². The Morgan fingerprint density at radius 3 is 2.52 bits per heavy atom. The Bertz CT molecular complexity index is 770. The first kappa shape index (κ1) is 21.5. The molecule has 0 spiro atoms. The van der Waals surface area contributed by atoms with Crippen LogP contribution in [0.25, 0.3) is 0 Å². The molecule has 1 aliphatic heterocycles. The zero-order chi connectivity index (χ0) is 21.6. The van der Waals surface area contributed by atoms with Crippen molar-refractivity contribution in [2.24, 2.45) is 5.41 Å². The number of rotatable bonds is 5. The Morgan fingerprint density at radius 2 is 1.97 bits per heavy atom. The van der Waals surface area contributed by atoms with Gasteiger partial charge in [-0.15, -0.1) is 5.10 Å². The Labute approximate surface area is 166 Å². The highest BCUT2D eigenvalue weighted by molar-refractivity contribution is 5.90. The number of β-amino-alcohol motifs (C(OH)–C–C–N with tert-alkyl or cyclic N) is 1. The molecule has 8 nitrogen and oxygen atoms in total. The van der Waals surface area contributed by atoms with Crippen LogP contribution in [0.1, 0.15) is 57.7 Å². The van der Waals surface area contributed by atoms with Gasteiger partial charge in [-0.2, -0.15) is 13.2 Å². The second-order valence-corrected chi connectivity index (χ2v) is 8.90. The summed E-state index contributed by atoms with van der Waals surface area (Å²) in [5.41, 5.74) is 0.194. The second-order valence-electron chi connectivity index (χ2n) is 8.90. The molecule has 1 saturated heterocycles. The summed E-state index contributed by atoms with van der Waals surface area (Å²) in [4.78, 5) is 26.8. The zero-order valence-corrected chi connectivity index (χ0v) is 16.6. The molecule has 2 heterocycles. The quantitative estimate of drug-likeness (QED) is 0.754. The van der Waals surface area contributed by atoms with E-state index >= 15 is 0 Å². The van der Waals surface area contributed by atoms with Crippen molar-refractivity contribution in [2.45, 2.75) is 70.3 Å². The number of amides is 2. The van der Waals surface area contributed by atoms with E-state index in [1.807, 2.05) is 26.1 Å². The van der Waals surface area contributed by atoms with Crippen LogP contribution in [0.4, 0.5) is 13.2 Å². The standard InChI is InChI=1S/C18H26F3N5O3/c1-17(2,3)14(26-8-12(23-24-26)10-4-5-10)16(29)25-7-11(27)6-13(25)15(28)22-9-18(19,20)21/h8,10-11,13-14,27H,4-7,9H2,1-3H3,(H,22,28). The van der Waals surface area contributed by atoms with Crippen LogP contribution in [0.15, 0.2) is 6.20 Å². The molecule has 1 aromatic rings. The molecule has 1 aromatic heterocycles. The van der Waals surface area contributed by atoms with E-state index in [9.17, 15) is 27.9 Å². The number of carbonyl (C=O) groups excluding carboxylic acids is 2. The lowest BCUT2D eigenvalue weighted by molar-refractivity contribution is -0.147. The van der Waals surface area contributed by atoms with Crippen molar-refractivity contribution < 1.29 is 27.9 Å². The average Bonchev–Trinajstić information content (AvgIpc) is 3.20. The van der Waals surface area contributed by atoms with E-state index in [4.69, 9.17) is 0 Å². The van der Waals surface area contributed by atoms with Crippen molar-refractivity contribution in [1.82, 2.24) is 25.2 Å². The van der Waals surface area contributed by atoms with Gasteiger partial charge in [-0.05, 0) is 18.3 Å². The molecular weight excluding hydrogens is 391 g/mol.